The maximum Gasteiger partial charge on any atom is 0.239 e. The van der Waals surface area contributed by atoms with Gasteiger partial charge in [0.15, 0.2) is 0 Å². The van der Waals surface area contributed by atoms with Gasteiger partial charge in [0.2, 0.25) is 11.8 Å². The number of amides is 2. The summed E-state index contributed by atoms with van der Waals surface area (Å²) in [5, 5.41) is 6.34. The van der Waals surface area contributed by atoms with E-state index in [1.54, 1.807) is 7.05 Å². The minimum atomic E-state index is -0.0506. The first-order valence-corrected chi connectivity index (χ1v) is 7.45. The third-order valence-electron chi connectivity index (χ3n) is 3.74. The summed E-state index contributed by atoms with van der Waals surface area (Å²) >= 11 is 0. The molecule has 2 unspecified atom stereocenters. The summed E-state index contributed by atoms with van der Waals surface area (Å²) < 4.78 is 0. The molecule has 2 aliphatic rings. The average Bonchev–Trinajstić information content (AvgIpc) is 3.10. The highest BCUT2D eigenvalue weighted by Gasteiger charge is 2.26. The number of carbonyl (C=O) groups excluding carboxylic acids is 2. The topological polar surface area (TPSA) is 64.7 Å². The molecule has 1 heterocycles. The van der Waals surface area contributed by atoms with E-state index in [0.717, 1.165) is 25.9 Å². The largest absolute Gasteiger partial charge is 0.352 e. The second-order valence-electron chi connectivity index (χ2n) is 6.25. The van der Waals surface area contributed by atoms with Gasteiger partial charge in [-0.15, -0.1) is 0 Å². The molecule has 0 aromatic heterocycles. The zero-order valence-electron chi connectivity index (χ0n) is 12.7. The molecule has 1 saturated carbocycles. The van der Waals surface area contributed by atoms with E-state index in [1.165, 1.54) is 4.90 Å². The Bertz CT molecular complexity index is 360. The number of rotatable bonds is 5. The minimum absolute atomic E-state index is 0.0113. The number of nitrogens with one attached hydrogen (secondary N) is 2. The zero-order chi connectivity index (χ0) is 14.7. The summed E-state index contributed by atoms with van der Waals surface area (Å²) in [6.07, 6.45) is 2.14. The molecule has 0 aromatic rings. The van der Waals surface area contributed by atoms with Gasteiger partial charge in [0.05, 0.1) is 13.1 Å². The van der Waals surface area contributed by atoms with Gasteiger partial charge >= 0.3 is 0 Å². The molecule has 2 amide bonds. The van der Waals surface area contributed by atoms with Crippen LogP contribution in [0.4, 0.5) is 0 Å². The van der Waals surface area contributed by atoms with E-state index >= 15 is 0 Å². The van der Waals surface area contributed by atoms with Crippen LogP contribution in [-0.2, 0) is 9.59 Å². The molecule has 0 aromatic carbocycles. The van der Waals surface area contributed by atoms with Crippen molar-refractivity contribution in [2.24, 2.45) is 0 Å². The molecule has 0 bridgehead atoms. The Morgan fingerprint density at radius 3 is 2.40 bits per heavy atom. The lowest BCUT2D eigenvalue weighted by atomic mass is 10.1. The SMILES string of the molecule is CC1CN(CC(=O)N(C)CC(=O)NC2CC2)CC(C)N1. The van der Waals surface area contributed by atoms with Gasteiger partial charge in [-0.05, 0) is 26.7 Å². The molecule has 114 valence electrons. The van der Waals surface area contributed by atoms with Crippen molar-refractivity contribution in [1.82, 2.24) is 20.4 Å². The molecule has 1 saturated heterocycles. The van der Waals surface area contributed by atoms with Gasteiger partial charge < -0.3 is 15.5 Å². The standard InChI is InChI=1S/C14H26N4O2/c1-10-6-18(7-11(2)15-10)9-14(20)17(3)8-13(19)16-12-4-5-12/h10-12,15H,4-9H2,1-3H3,(H,16,19). The number of piperazine rings is 1. The fourth-order valence-corrected chi connectivity index (χ4v) is 2.69. The first-order valence-electron chi connectivity index (χ1n) is 7.45. The molecule has 2 fully saturated rings. The highest BCUT2D eigenvalue weighted by Crippen LogP contribution is 2.18. The molecule has 1 aliphatic heterocycles. The second-order valence-corrected chi connectivity index (χ2v) is 6.25. The third-order valence-corrected chi connectivity index (χ3v) is 3.74. The Balaban J connectivity index is 1.73. The molecule has 1 aliphatic carbocycles. The predicted octanol–water partition coefficient (Wildman–Crippen LogP) is -0.594. The summed E-state index contributed by atoms with van der Waals surface area (Å²) in [6.45, 7) is 6.55. The Morgan fingerprint density at radius 1 is 1.25 bits per heavy atom. The lowest BCUT2D eigenvalue weighted by molar-refractivity contribution is -0.136. The number of hydrogen-bond acceptors (Lipinski definition) is 4. The first-order chi connectivity index (χ1) is 9.44. The average molecular weight is 282 g/mol. The quantitative estimate of drug-likeness (QED) is 0.707. The van der Waals surface area contributed by atoms with Gasteiger partial charge in [-0.2, -0.15) is 0 Å². The Hall–Kier alpha value is -1.14. The smallest absolute Gasteiger partial charge is 0.239 e. The first kappa shape index (κ1) is 15.3. The fourth-order valence-electron chi connectivity index (χ4n) is 2.69. The molecule has 0 radical (unpaired) electrons. The minimum Gasteiger partial charge on any atom is -0.352 e. The van der Waals surface area contributed by atoms with Crippen molar-refractivity contribution in [3.63, 3.8) is 0 Å². The van der Waals surface area contributed by atoms with Crippen LogP contribution in [0.25, 0.3) is 0 Å². The van der Waals surface area contributed by atoms with E-state index in [1.807, 2.05) is 0 Å². The van der Waals surface area contributed by atoms with E-state index in [-0.39, 0.29) is 18.4 Å². The number of hydrogen-bond donors (Lipinski definition) is 2. The second kappa shape index (κ2) is 6.54. The molecule has 2 rings (SSSR count). The van der Waals surface area contributed by atoms with Crippen LogP contribution in [0.3, 0.4) is 0 Å². The van der Waals surface area contributed by atoms with Crippen LogP contribution >= 0.6 is 0 Å². The van der Waals surface area contributed by atoms with E-state index < -0.39 is 0 Å². The molecule has 2 atom stereocenters. The Kier molecular flexibility index (Phi) is 4.99. The van der Waals surface area contributed by atoms with Gasteiger partial charge in [-0.3, -0.25) is 14.5 Å². The summed E-state index contributed by atoms with van der Waals surface area (Å²) in [5.41, 5.74) is 0. The maximum absolute atomic E-state index is 12.1. The van der Waals surface area contributed by atoms with Crippen molar-refractivity contribution >= 4 is 11.8 Å². The Labute approximate surface area is 120 Å². The van der Waals surface area contributed by atoms with Crippen molar-refractivity contribution in [2.45, 2.75) is 44.8 Å². The molecular formula is C14H26N4O2. The lowest BCUT2D eigenvalue weighted by Gasteiger charge is -2.36. The van der Waals surface area contributed by atoms with E-state index in [2.05, 4.69) is 29.4 Å². The van der Waals surface area contributed by atoms with E-state index in [9.17, 15) is 9.59 Å². The molecule has 6 heteroatoms. The van der Waals surface area contributed by atoms with Gasteiger partial charge in [0.25, 0.3) is 0 Å². The number of likely N-dealkylation sites (N-methyl/N-ethyl adjacent to an activating group) is 1. The molecule has 2 N–H and O–H groups in total. The van der Waals surface area contributed by atoms with Crippen LogP contribution in [0.15, 0.2) is 0 Å². The maximum atomic E-state index is 12.1. The lowest BCUT2D eigenvalue weighted by Crippen LogP contribution is -2.56. The van der Waals surface area contributed by atoms with Crippen molar-refractivity contribution in [1.29, 1.82) is 0 Å². The van der Waals surface area contributed by atoms with Crippen molar-refractivity contribution in [3.8, 4) is 0 Å². The molecule has 6 nitrogen and oxygen atoms in total. The summed E-state index contributed by atoms with van der Waals surface area (Å²) in [4.78, 5) is 27.5. The highest BCUT2D eigenvalue weighted by molar-refractivity contribution is 5.85. The number of nitrogens with zero attached hydrogens (tertiary/aromatic N) is 2. The molecule has 20 heavy (non-hydrogen) atoms. The predicted molar refractivity (Wildman–Crippen MR) is 77.3 cm³/mol. The van der Waals surface area contributed by atoms with Crippen LogP contribution in [0.5, 0.6) is 0 Å². The van der Waals surface area contributed by atoms with Crippen molar-refractivity contribution in [3.05, 3.63) is 0 Å². The van der Waals surface area contributed by atoms with E-state index in [0.29, 0.717) is 24.7 Å². The van der Waals surface area contributed by atoms with Crippen LogP contribution in [0.2, 0.25) is 0 Å². The summed E-state index contributed by atoms with van der Waals surface area (Å²) in [7, 11) is 1.70. The van der Waals surface area contributed by atoms with Crippen molar-refractivity contribution in [2.75, 3.05) is 33.2 Å². The highest BCUT2D eigenvalue weighted by atomic mass is 16.2. The van der Waals surface area contributed by atoms with Crippen LogP contribution in [0, 0.1) is 0 Å². The molecule has 0 spiro atoms. The summed E-state index contributed by atoms with van der Waals surface area (Å²) in [6, 6.07) is 1.14. The fraction of sp³-hybridized carbons (Fsp3) is 0.857. The zero-order valence-corrected chi connectivity index (χ0v) is 12.7. The monoisotopic (exact) mass is 282 g/mol. The van der Waals surface area contributed by atoms with Crippen LogP contribution in [-0.4, -0.2) is 73.0 Å². The van der Waals surface area contributed by atoms with Gasteiger partial charge in [0.1, 0.15) is 0 Å². The normalized spacial score (nSPS) is 27.1. The van der Waals surface area contributed by atoms with E-state index in [4.69, 9.17) is 0 Å². The van der Waals surface area contributed by atoms with Gasteiger partial charge in [-0.1, -0.05) is 0 Å². The number of carbonyl (C=O) groups is 2. The van der Waals surface area contributed by atoms with Crippen LogP contribution in [0.1, 0.15) is 26.7 Å². The summed E-state index contributed by atoms with van der Waals surface area (Å²) in [5.74, 6) is -0.0392. The Morgan fingerprint density at radius 2 is 1.85 bits per heavy atom. The molecular weight excluding hydrogens is 256 g/mol. The van der Waals surface area contributed by atoms with Gasteiger partial charge in [0, 0.05) is 38.3 Å². The van der Waals surface area contributed by atoms with Gasteiger partial charge in [-0.25, -0.2) is 0 Å². The van der Waals surface area contributed by atoms with Crippen LogP contribution < -0.4 is 10.6 Å². The third kappa shape index (κ3) is 4.76. The van der Waals surface area contributed by atoms with Crippen molar-refractivity contribution < 1.29 is 9.59 Å².